The first kappa shape index (κ1) is 21.9. The smallest absolute Gasteiger partial charge is 0.324 e. The van der Waals surface area contributed by atoms with Crippen molar-refractivity contribution >= 4 is 46.7 Å². The molecule has 1 saturated heterocycles. The maximum atomic E-state index is 13.0. The van der Waals surface area contributed by atoms with Gasteiger partial charge < -0.3 is 10.6 Å². The standard InChI is InChI=1S/C21H27Cl2N3O3/c1-4-20(2,3)13-7-9-21(10-8-13)18(28)26(19(29)25-21)12-17(27)24-14-5-6-15(22)16(23)11-14/h5-6,11,13H,4,7-10,12H2,1-3H3,(H,24,27)(H,25,29). The Hall–Kier alpha value is -1.79. The van der Waals surface area contributed by atoms with E-state index in [1.165, 1.54) is 6.07 Å². The lowest BCUT2D eigenvalue weighted by atomic mass is 9.65. The lowest BCUT2D eigenvalue weighted by Gasteiger charge is -2.42. The second-order valence-corrected chi connectivity index (χ2v) is 9.51. The molecule has 4 amide bonds. The van der Waals surface area contributed by atoms with Crippen molar-refractivity contribution in [1.82, 2.24) is 10.2 Å². The van der Waals surface area contributed by atoms with E-state index in [1.54, 1.807) is 12.1 Å². The highest BCUT2D eigenvalue weighted by molar-refractivity contribution is 6.42. The second kappa shape index (κ2) is 8.15. The molecule has 1 spiro atoms. The number of anilines is 1. The number of urea groups is 1. The van der Waals surface area contributed by atoms with E-state index in [2.05, 4.69) is 31.4 Å². The molecule has 0 aromatic heterocycles. The van der Waals surface area contributed by atoms with Crippen LogP contribution in [0.4, 0.5) is 10.5 Å². The van der Waals surface area contributed by atoms with Crippen LogP contribution < -0.4 is 10.6 Å². The zero-order chi connectivity index (χ0) is 21.4. The fourth-order valence-electron chi connectivity index (χ4n) is 4.26. The van der Waals surface area contributed by atoms with E-state index in [0.29, 0.717) is 34.5 Å². The molecule has 2 N–H and O–H groups in total. The van der Waals surface area contributed by atoms with Crippen molar-refractivity contribution in [1.29, 1.82) is 0 Å². The number of halogens is 2. The van der Waals surface area contributed by atoms with E-state index in [1.807, 2.05) is 0 Å². The number of carbonyl (C=O) groups excluding carboxylic acids is 3. The Kier molecular flexibility index (Phi) is 6.16. The molecule has 2 aliphatic rings. The Morgan fingerprint density at radius 1 is 1.24 bits per heavy atom. The van der Waals surface area contributed by atoms with Gasteiger partial charge in [-0.05, 0) is 55.2 Å². The molecular formula is C21H27Cl2N3O3. The van der Waals surface area contributed by atoms with Gasteiger partial charge >= 0.3 is 6.03 Å². The third-order valence-corrected chi connectivity index (χ3v) is 7.35. The Morgan fingerprint density at radius 2 is 1.90 bits per heavy atom. The summed E-state index contributed by atoms with van der Waals surface area (Å²) in [5.74, 6) is -0.251. The summed E-state index contributed by atoms with van der Waals surface area (Å²) in [6, 6.07) is 4.19. The molecule has 0 bridgehead atoms. The van der Waals surface area contributed by atoms with Crippen LogP contribution in [0.3, 0.4) is 0 Å². The number of rotatable bonds is 5. The summed E-state index contributed by atoms with van der Waals surface area (Å²) in [5.41, 5.74) is -0.206. The predicted molar refractivity (Wildman–Crippen MR) is 114 cm³/mol. The van der Waals surface area contributed by atoms with E-state index in [-0.39, 0.29) is 17.9 Å². The van der Waals surface area contributed by atoms with E-state index in [4.69, 9.17) is 23.2 Å². The average molecular weight is 440 g/mol. The number of hydrogen-bond acceptors (Lipinski definition) is 3. The van der Waals surface area contributed by atoms with E-state index >= 15 is 0 Å². The minimum Gasteiger partial charge on any atom is -0.324 e. The number of nitrogens with one attached hydrogen (secondary N) is 2. The van der Waals surface area contributed by atoms with Crippen LogP contribution in [0.5, 0.6) is 0 Å². The van der Waals surface area contributed by atoms with Gasteiger partial charge in [-0.2, -0.15) is 0 Å². The molecule has 6 nitrogen and oxygen atoms in total. The van der Waals surface area contributed by atoms with Gasteiger partial charge in [-0.25, -0.2) is 4.79 Å². The fraction of sp³-hybridized carbons (Fsp3) is 0.571. The van der Waals surface area contributed by atoms with Crippen LogP contribution in [-0.2, 0) is 9.59 Å². The van der Waals surface area contributed by atoms with Gasteiger partial charge in [-0.15, -0.1) is 0 Å². The zero-order valence-electron chi connectivity index (χ0n) is 17.0. The molecule has 1 aliphatic carbocycles. The van der Waals surface area contributed by atoms with Gasteiger partial charge in [0.05, 0.1) is 10.0 Å². The first-order chi connectivity index (χ1) is 13.6. The quantitative estimate of drug-likeness (QED) is 0.643. The third-order valence-electron chi connectivity index (χ3n) is 6.61. The van der Waals surface area contributed by atoms with Gasteiger partial charge in [0.1, 0.15) is 12.1 Å². The first-order valence-corrected chi connectivity index (χ1v) is 10.7. The highest BCUT2D eigenvalue weighted by Gasteiger charge is 2.53. The molecule has 158 valence electrons. The molecule has 1 aromatic carbocycles. The average Bonchev–Trinajstić information content (AvgIpc) is 2.89. The van der Waals surface area contributed by atoms with Crippen LogP contribution in [0.25, 0.3) is 0 Å². The number of carbonyl (C=O) groups is 3. The number of imide groups is 1. The Balaban J connectivity index is 1.63. The van der Waals surface area contributed by atoms with Crippen molar-refractivity contribution in [2.24, 2.45) is 11.3 Å². The van der Waals surface area contributed by atoms with Crippen LogP contribution in [0, 0.1) is 11.3 Å². The third kappa shape index (κ3) is 4.38. The Morgan fingerprint density at radius 3 is 2.48 bits per heavy atom. The molecule has 0 unspecified atom stereocenters. The fourth-order valence-corrected chi connectivity index (χ4v) is 4.56. The van der Waals surface area contributed by atoms with Crippen LogP contribution in [-0.4, -0.2) is 34.8 Å². The predicted octanol–water partition coefficient (Wildman–Crippen LogP) is 4.85. The summed E-state index contributed by atoms with van der Waals surface area (Å²) in [4.78, 5) is 38.9. The van der Waals surface area contributed by atoms with Gasteiger partial charge in [0, 0.05) is 5.69 Å². The van der Waals surface area contributed by atoms with E-state index in [0.717, 1.165) is 24.2 Å². The maximum absolute atomic E-state index is 13.0. The van der Waals surface area contributed by atoms with Gasteiger partial charge in [-0.1, -0.05) is 50.4 Å². The summed E-state index contributed by atoms with van der Waals surface area (Å²) in [7, 11) is 0. The normalized spacial score (nSPS) is 24.7. The van der Waals surface area contributed by atoms with Gasteiger partial charge in [-0.3, -0.25) is 14.5 Å². The monoisotopic (exact) mass is 439 g/mol. The molecule has 1 aliphatic heterocycles. The van der Waals surface area contributed by atoms with Crippen molar-refractivity contribution in [3.8, 4) is 0 Å². The topological polar surface area (TPSA) is 78.5 Å². The molecular weight excluding hydrogens is 413 g/mol. The van der Waals surface area contributed by atoms with Crippen molar-refractivity contribution in [3.63, 3.8) is 0 Å². The Bertz CT molecular complexity index is 832. The van der Waals surface area contributed by atoms with Crippen LogP contribution in [0.2, 0.25) is 10.0 Å². The lowest BCUT2D eigenvalue weighted by Crippen LogP contribution is -2.51. The first-order valence-electron chi connectivity index (χ1n) is 9.97. The van der Waals surface area contributed by atoms with Crippen LogP contribution >= 0.6 is 23.2 Å². The number of nitrogens with zero attached hydrogens (tertiary/aromatic N) is 1. The van der Waals surface area contributed by atoms with Crippen LogP contribution in [0.1, 0.15) is 52.9 Å². The number of amides is 4. The molecule has 3 rings (SSSR count). The molecule has 8 heteroatoms. The molecule has 0 radical (unpaired) electrons. The molecule has 1 saturated carbocycles. The largest absolute Gasteiger partial charge is 0.325 e. The summed E-state index contributed by atoms with van der Waals surface area (Å²) in [5, 5.41) is 6.20. The summed E-state index contributed by atoms with van der Waals surface area (Å²) < 4.78 is 0. The summed E-state index contributed by atoms with van der Waals surface area (Å²) in [6.45, 7) is 6.35. The number of benzene rings is 1. The minimum absolute atomic E-state index is 0.215. The minimum atomic E-state index is -0.874. The SMILES string of the molecule is CCC(C)(C)C1CCC2(CC1)NC(=O)N(CC(=O)Nc1ccc(Cl)c(Cl)c1)C2=O. The highest BCUT2D eigenvalue weighted by Crippen LogP contribution is 2.45. The molecule has 2 fully saturated rings. The number of hydrogen-bond donors (Lipinski definition) is 2. The molecule has 29 heavy (non-hydrogen) atoms. The molecule has 0 atom stereocenters. The molecule has 1 heterocycles. The van der Waals surface area contributed by atoms with Gasteiger partial charge in [0.15, 0.2) is 0 Å². The van der Waals surface area contributed by atoms with Gasteiger partial charge in [0.25, 0.3) is 5.91 Å². The summed E-state index contributed by atoms with van der Waals surface area (Å²) >= 11 is 11.8. The highest BCUT2D eigenvalue weighted by atomic mass is 35.5. The summed E-state index contributed by atoms with van der Waals surface area (Å²) in [6.07, 6.45) is 4.06. The van der Waals surface area contributed by atoms with Gasteiger partial charge in [0.2, 0.25) is 5.91 Å². The van der Waals surface area contributed by atoms with E-state index in [9.17, 15) is 14.4 Å². The van der Waals surface area contributed by atoms with E-state index < -0.39 is 17.5 Å². The van der Waals surface area contributed by atoms with Crippen molar-refractivity contribution in [2.45, 2.75) is 58.4 Å². The van der Waals surface area contributed by atoms with Crippen molar-refractivity contribution in [3.05, 3.63) is 28.2 Å². The maximum Gasteiger partial charge on any atom is 0.325 e. The van der Waals surface area contributed by atoms with Crippen molar-refractivity contribution < 1.29 is 14.4 Å². The van der Waals surface area contributed by atoms with Crippen molar-refractivity contribution in [2.75, 3.05) is 11.9 Å². The zero-order valence-corrected chi connectivity index (χ0v) is 18.5. The van der Waals surface area contributed by atoms with Crippen LogP contribution in [0.15, 0.2) is 18.2 Å². The molecule has 1 aromatic rings. The Labute approximate surface area is 181 Å². The second-order valence-electron chi connectivity index (χ2n) is 8.70. The lowest BCUT2D eigenvalue weighted by molar-refractivity contribution is -0.135.